The Kier molecular flexibility index (Phi) is 6.26. The second-order valence-corrected chi connectivity index (χ2v) is 9.08. The van der Waals surface area contributed by atoms with Gasteiger partial charge in [0.25, 0.3) is 0 Å². The largest absolute Gasteiger partial charge is 0.487 e. The summed E-state index contributed by atoms with van der Waals surface area (Å²) in [5.74, 6) is 7.83. The Labute approximate surface area is 200 Å². The summed E-state index contributed by atoms with van der Waals surface area (Å²) < 4.78 is 7.73. The number of nitrogens with one attached hydrogen (secondary N) is 2. The van der Waals surface area contributed by atoms with E-state index in [-0.39, 0.29) is 12.6 Å². The van der Waals surface area contributed by atoms with Crippen LogP contribution in [0.2, 0.25) is 5.02 Å². The minimum absolute atomic E-state index is 0.271. The highest BCUT2D eigenvalue weighted by Gasteiger charge is 2.12. The molecule has 1 aliphatic heterocycles. The van der Waals surface area contributed by atoms with Crippen LogP contribution in [-0.2, 0) is 6.61 Å². The molecule has 0 amide bonds. The second kappa shape index (κ2) is 9.63. The van der Waals surface area contributed by atoms with E-state index < -0.39 is 0 Å². The van der Waals surface area contributed by atoms with Gasteiger partial charge in [-0.15, -0.1) is 11.3 Å². The van der Waals surface area contributed by atoms with Crippen LogP contribution in [-0.4, -0.2) is 27.8 Å². The van der Waals surface area contributed by atoms with Gasteiger partial charge in [0.15, 0.2) is 5.82 Å². The van der Waals surface area contributed by atoms with Crippen LogP contribution < -0.4 is 20.1 Å². The summed E-state index contributed by atoms with van der Waals surface area (Å²) in [5, 5.41) is 16.7. The van der Waals surface area contributed by atoms with Crippen molar-refractivity contribution >= 4 is 44.7 Å². The van der Waals surface area contributed by atoms with E-state index in [0.717, 1.165) is 44.0 Å². The summed E-state index contributed by atoms with van der Waals surface area (Å²) in [6.45, 7) is 1.32. The first-order valence-corrected chi connectivity index (χ1v) is 11.7. The van der Waals surface area contributed by atoms with Gasteiger partial charge in [0, 0.05) is 16.5 Å². The first kappa shape index (κ1) is 21.5. The van der Waals surface area contributed by atoms with Crippen molar-refractivity contribution in [2.24, 2.45) is 0 Å². The first-order chi connectivity index (χ1) is 16.1. The summed E-state index contributed by atoms with van der Waals surface area (Å²) in [6.07, 6.45) is 6.93. The number of hydrogen-bond donors (Lipinski definition) is 3. The average Bonchev–Trinajstić information content (AvgIpc) is 3.47. The Bertz CT molecular complexity index is 1360. The molecule has 0 saturated carbocycles. The van der Waals surface area contributed by atoms with E-state index in [1.54, 1.807) is 42.1 Å². The number of fused-ring (bicyclic) bond motifs is 1. The van der Waals surface area contributed by atoms with Crippen molar-refractivity contribution in [2.75, 3.05) is 11.9 Å². The zero-order valence-electron chi connectivity index (χ0n) is 17.6. The highest BCUT2D eigenvalue weighted by Crippen LogP contribution is 2.33. The molecule has 1 atom stereocenters. The smallest absolute Gasteiger partial charge is 0.228 e. The number of benzene rings is 1. The number of rotatable bonds is 5. The fourth-order valence-electron chi connectivity index (χ4n) is 3.56. The summed E-state index contributed by atoms with van der Waals surface area (Å²) in [5.41, 5.74) is 2.47. The van der Waals surface area contributed by atoms with E-state index in [0.29, 0.717) is 16.6 Å². The quantitative estimate of drug-likeness (QED) is 0.225. The summed E-state index contributed by atoms with van der Waals surface area (Å²) in [6, 6.07) is 11.4. The molecular formula is C24H21ClN5O2S+. The Balaban J connectivity index is 1.31. The molecule has 4 heterocycles. The zero-order valence-corrected chi connectivity index (χ0v) is 19.2. The van der Waals surface area contributed by atoms with Crippen LogP contribution in [0.3, 0.4) is 0 Å². The number of pyridine rings is 1. The normalized spacial score (nSPS) is 15.2. The molecule has 1 fully saturated rings. The van der Waals surface area contributed by atoms with Crippen molar-refractivity contribution < 1.29 is 14.7 Å². The molecule has 1 aliphatic rings. The standard InChI is InChI=1S/C24H21ClN5O2S/c25-20-11-18(6-8-22(20)32-14-16-3-2-10-30(31)13-16)29-24-23-21(27-15-28-24)12-19(33-23)7-5-17-4-1-9-26-17/h2-3,6,8,10-13,15,17,26,31H,1,4,9,14H2,(H,27,28,29)/q+1. The van der Waals surface area contributed by atoms with Crippen molar-refractivity contribution in [3.05, 3.63) is 70.6 Å². The zero-order chi connectivity index (χ0) is 22.6. The van der Waals surface area contributed by atoms with Crippen molar-refractivity contribution in [1.82, 2.24) is 15.3 Å². The van der Waals surface area contributed by atoms with E-state index in [1.165, 1.54) is 12.6 Å². The maximum absolute atomic E-state index is 9.50. The Morgan fingerprint density at radius 1 is 1.30 bits per heavy atom. The van der Waals surface area contributed by atoms with Crippen LogP contribution in [0.5, 0.6) is 5.75 Å². The molecule has 0 bridgehead atoms. The SMILES string of the molecule is O[n+]1cccc(COc2ccc(Nc3ncnc4cc(C#CC5CCCN5)sc34)cc2Cl)c1. The number of hydrogen-bond acceptors (Lipinski definition) is 7. The number of thiophene rings is 1. The second-order valence-electron chi connectivity index (χ2n) is 7.62. The average molecular weight is 479 g/mol. The van der Waals surface area contributed by atoms with Crippen LogP contribution in [0, 0.1) is 11.8 Å². The van der Waals surface area contributed by atoms with Gasteiger partial charge in [-0.05, 0) is 49.7 Å². The molecule has 33 heavy (non-hydrogen) atoms. The van der Waals surface area contributed by atoms with Gasteiger partial charge in [0.05, 0.1) is 31.7 Å². The molecule has 1 unspecified atom stereocenters. The molecule has 9 heteroatoms. The van der Waals surface area contributed by atoms with Gasteiger partial charge in [-0.3, -0.25) is 5.21 Å². The van der Waals surface area contributed by atoms with Gasteiger partial charge in [-0.1, -0.05) is 23.4 Å². The molecule has 166 valence electrons. The highest BCUT2D eigenvalue weighted by molar-refractivity contribution is 7.20. The third-order valence-corrected chi connectivity index (χ3v) is 6.52. The molecule has 7 nitrogen and oxygen atoms in total. The van der Waals surface area contributed by atoms with Gasteiger partial charge in [0.2, 0.25) is 12.4 Å². The molecule has 1 aromatic carbocycles. The molecule has 1 saturated heterocycles. The summed E-state index contributed by atoms with van der Waals surface area (Å²) in [7, 11) is 0. The number of nitrogens with zero attached hydrogens (tertiary/aromatic N) is 3. The third kappa shape index (κ3) is 5.17. The lowest BCUT2D eigenvalue weighted by Crippen LogP contribution is -2.29. The monoisotopic (exact) mass is 478 g/mol. The summed E-state index contributed by atoms with van der Waals surface area (Å²) in [4.78, 5) is 9.77. The Morgan fingerprint density at radius 3 is 3.06 bits per heavy atom. The molecule has 0 radical (unpaired) electrons. The lowest BCUT2D eigenvalue weighted by Gasteiger charge is -2.10. The number of anilines is 2. The number of halogens is 1. The third-order valence-electron chi connectivity index (χ3n) is 5.18. The molecule has 0 aliphatic carbocycles. The van der Waals surface area contributed by atoms with Crippen LogP contribution >= 0.6 is 22.9 Å². The van der Waals surface area contributed by atoms with Crippen molar-refractivity contribution in [3.63, 3.8) is 0 Å². The molecular weight excluding hydrogens is 458 g/mol. The van der Waals surface area contributed by atoms with Gasteiger partial charge in [-0.25, -0.2) is 9.97 Å². The maximum Gasteiger partial charge on any atom is 0.228 e. The summed E-state index contributed by atoms with van der Waals surface area (Å²) >= 11 is 8.02. The lowest BCUT2D eigenvalue weighted by atomic mass is 10.2. The fourth-order valence-corrected chi connectivity index (χ4v) is 4.71. The predicted molar refractivity (Wildman–Crippen MR) is 128 cm³/mol. The van der Waals surface area contributed by atoms with Gasteiger partial charge in [0.1, 0.15) is 18.7 Å². The Morgan fingerprint density at radius 2 is 2.24 bits per heavy atom. The predicted octanol–water partition coefficient (Wildman–Crippen LogP) is 4.30. The van der Waals surface area contributed by atoms with E-state index >= 15 is 0 Å². The molecule has 3 N–H and O–H groups in total. The fraction of sp³-hybridized carbons (Fsp3) is 0.208. The molecule has 4 aromatic rings. The minimum atomic E-state index is 0.271. The minimum Gasteiger partial charge on any atom is -0.487 e. The van der Waals surface area contributed by atoms with Crippen LogP contribution in [0.25, 0.3) is 10.2 Å². The Hall–Kier alpha value is -3.38. The van der Waals surface area contributed by atoms with Crippen molar-refractivity contribution in [1.29, 1.82) is 0 Å². The van der Waals surface area contributed by atoms with E-state index in [4.69, 9.17) is 16.3 Å². The van der Waals surface area contributed by atoms with Crippen LogP contribution in [0.1, 0.15) is 23.3 Å². The lowest BCUT2D eigenvalue weighted by molar-refractivity contribution is -0.905. The van der Waals surface area contributed by atoms with Gasteiger partial charge >= 0.3 is 0 Å². The molecule has 5 rings (SSSR count). The highest BCUT2D eigenvalue weighted by atomic mass is 35.5. The molecule has 3 aromatic heterocycles. The number of aromatic nitrogens is 3. The van der Waals surface area contributed by atoms with Crippen LogP contribution in [0.15, 0.2) is 55.1 Å². The van der Waals surface area contributed by atoms with Crippen LogP contribution in [0.4, 0.5) is 11.5 Å². The maximum atomic E-state index is 9.50. The topological polar surface area (TPSA) is 83.2 Å². The number of ether oxygens (including phenoxy) is 1. The van der Waals surface area contributed by atoms with Crippen molar-refractivity contribution in [2.45, 2.75) is 25.5 Å². The van der Waals surface area contributed by atoms with E-state index in [9.17, 15) is 5.21 Å². The van der Waals surface area contributed by atoms with Gasteiger partial charge < -0.3 is 15.4 Å². The van der Waals surface area contributed by atoms with Gasteiger partial charge in [-0.2, -0.15) is 0 Å². The molecule has 0 spiro atoms. The first-order valence-electron chi connectivity index (χ1n) is 10.5. The van der Waals surface area contributed by atoms with E-state index in [1.807, 2.05) is 18.2 Å². The van der Waals surface area contributed by atoms with E-state index in [2.05, 4.69) is 32.4 Å². The van der Waals surface area contributed by atoms with Crippen molar-refractivity contribution in [3.8, 4) is 17.6 Å².